The Morgan fingerprint density at radius 3 is 2.92 bits per heavy atom. The Balaban J connectivity index is 2.67. The zero-order valence-electron chi connectivity index (χ0n) is 7.30. The van der Waals surface area contributed by atoms with E-state index in [1.165, 1.54) is 5.56 Å². The smallest absolute Gasteiger partial charge is 0.185 e. The molecule has 0 radical (unpaired) electrons. The lowest BCUT2D eigenvalue weighted by Crippen LogP contribution is -2.07. The quantitative estimate of drug-likeness (QED) is 0.677. The van der Waals surface area contributed by atoms with Crippen LogP contribution >= 0.6 is 15.9 Å². The highest BCUT2D eigenvalue weighted by atomic mass is 79.9. The van der Waals surface area contributed by atoms with Crippen LogP contribution in [-0.4, -0.2) is 5.78 Å². The molecular weight excluding hydrogens is 228 g/mol. The summed E-state index contributed by atoms with van der Waals surface area (Å²) in [5, 5.41) is 0. The van der Waals surface area contributed by atoms with Gasteiger partial charge in [0.1, 0.15) is 0 Å². The van der Waals surface area contributed by atoms with E-state index in [9.17, 15) is 4.79 Å². The molecule has 1 aromatic rings. The number of allylic oxidation sites excluding steroid dienone is 2. The third-order valence-corrected chi connectivity index (χ3v) is 2.75. The van der Waals surface area contributed by atoms with Gasteiger partial charge in [-0.1, -0.05) is 22.0 Å². The summed E-state index contributed by atoms with van der Waals surface area (Å²) in [7, 11) is 0. The second-order valence-corrected chi connectivity index (χ2v) is 4.14. The minimum atomic E-state index is 0.116. The molecule has 0 saturated heterocycles. The zero-order chi connectivity index (χ0) is 9.42. The fourth-order valence-electron chi connectivity index (χ4n) is 1.64. The van der Waals surface area contributed by atoms with Gasteiger partial charge in [0.25, 0.3) is 0 Å². The number of aryl methyl sites for hydroxylation is 1. The monoisotopic (exact) mass is 236 g/mol. The molecule has 1 aromatic carbocycles. The van der Waals surface area contributed by atoms with Crippen LogP contribution < -0.4 is 0 Å². The molecule has 0 aromatic heterocycles. The van der Waals surface area contributed by atoms with Gasteiger partial charge in [0.15, 0.2) is 5.78 Å². The number of carbonyl (C=O) groups excluding carboxylic acids is 1. The minimum absolute atomic E-state index is 0.116. The van der Waals surface area contributed by atoms with Crippen molar-refractivity contribution in [3.8, 4) is 0 Å². The molecule has 0 fully saturated rings. The van der Waals surface area contributed by atoms with Gasteiger partial charge in [-0.3, -0.25) is 4.79 Å². The molecule has 13 heavy (non-hydrogen) atoms. The number of fused-ring (bicyclic) bond motifs is 1. The van der Waals surface area contributed by atoms with Gasteiger partial charge in [0, 0.05) is 10.0 Å². The molecule has 0 unspecified atom stereocenters. The number of rotatable bonds is 0. The Hall–Kier alpha value is -0.890. The number of hydrogen-bond acceptors (Lipinski definition) is 1. The summed E-state index contributed by atoms with van der Waals surface area (Å²) in [5.41, 5.74) is 3.19. The van der Waals surface area contributed by atoms with E-state index in [1.54, 1.807) is 6.08 Å². The first-order valence-electron chi connectivity index (χ1n) is 4.18. The van der Waals surface area contributed by atoms with Crippen LogP contribution in [0.3, 0.4) is 0 Å². The molecule has 0 heterocycles. The predicted molar refractivity (Wildman–Crippen MR) is 56.1 cm³/mol. The zero-order valence-corrected chi connectivity index (χ0v) is 8.89. The van der Waals surface area contributed by atoms with Crippen LogP contribution in [0.15, 0.2) is 28.8 Å². The first kappa shape index (κ1) is 8.70. The normalized spacial score (nSPS) is 14.5. The summed E-state index contributed by atoms with van der Waals surface area (Å²) in [4.78, 5) is 11.5. The van der Waals surface area contributed by atoms with Crippen molar-refractivity contribution in [2.75, 3.05) is 0 Å². The van der Waals surface area contributed by atoms with Crippen LogP contribution in [0.5, 0.6) is 0 Å². The predicted octanol–water partition coefficient (Wildman–Crippen LogP) is 3.05. The lowest BCUT2D eigenvalue weighted by Gasteiger charge is -2.13. The van der Waals surface area contributed by atoms with Crippen molar-refractivity contribution in [3.63, 3.8) is 0 Å². The Kier molecular flexibility index (Phi) is 2.08. The fourth-order valence-corrected chi connectivity index (χ4v) is 2.21. The van der Waals surface area contributed by atoms with Crippen LogP contribution in [0.2, 0.25) is 0 Å². The van der Waals surface area contributed by atoms with Crippen LogP contribution in [0.4, 0.5) is 0 Å². The molecule has 1 aliphatic rings. The van der Waals surface area contributed by atoms with E-state index < -0.39 is 0 Å². The molecule has 2 heteroatoms. The molecule has 0 N–H and O–H groups in total. The van der Waals surface area contributed by atoms with Gasteiger partial charge < -0.3 is 0 Å². The second kappa shape index (κ2) is 3.11. The second-order valence-electron chi connectivity index (χ2n) is 3.22. The summed E-state index contributed by atoms with van der Waals surface area (Å²) in [5.74, 6) is 0.116. The molecule has 1 aliphatic carbocycles. The van der Waals surface area contributed by atoms with E-state index in [1.807, 2.05) is 25.1 Å². The molecule has 0 spiro atoms. The van der Waals surface area contributed by atoms with Crippen molar-refractivity contribution in [1.29, 1.82) is 0 Å². The minimum Gasteiger partial charge on any atom is -0.289 e. The molecule has 2 rings (SSSR count). The van der Waals surface area contributed by atoms with Gasteiger partial charge in [-0.15, -0.1) is 0 Å². The topological polar surface area (TPSA) is 17.1 Å². The van der Waals surface area contributed by atoms with Gasteiger partial charge in [-0.05, 0) is 42.7 Å². The molecule has 0 atom stereocenters. The molecular formula is C11H9BrO. The Morgan fingerprint density at radius 1 is 1.38 bits per heavy atom. The van der Waals surface area contributed by atoms with Crippen LogP contribution in [0, 0.1) is 6.92 Å². The van der Waals surface area contributed by atoms with E-state index in [0.717, 1.165) is 22.0 Å². The van der Waals surface area contributed by atoms with Crippen LogP contribution in [0.1, 0.15) is 21.5 Å². The molecule has 0 amide bonds. The highest BCUT2D eigenvalue weighted by molar-refractivity contribution is 9.10. The van der Waals surface area contributed by atoms with Crippen molar-refractivity contribution in [3.05, 3.63) is 45.4 Å². The van der Waals surface area contributed by atoms with E-state index in [4.69, 9.17) is 0 Å². The number of benzene rings is 1. The molecule has 1 nitrogen and oxygen atoms in total. The van der Waals surface area contributed by atoms with Gasteiger partial charge in [0.05, 0.1) is 0 Å². The first-order chi connectivity index (χ1) is 6.18. The average Bonchev–Trinajstić information content (AvgIpc) is 2.07. The van der Waals surface area contributed by atoms with Crippen molar-refractivity contribution >= 4 is 21.7 Å². The van der Waals surface area contributed by atoms with Gasteiger partial charge in [0.2, 0.25) is 0 Å². The lowest BCUT2D eigenvalue weighted by molar-refractivity contribution is 0.104. The lowest BCUT2D eigenvalue weighted by atomic mass is 9.92. The molecule has 0 aliphatic heterocycles. The Labute approximate surface area is 85.6 Å². The third-order valence-electron chi connectivity index (χ3n) is 2.29. The average molecular weight is 237 g/mol. The van der Waals surface area contributed by atoms with E-state index >= 15 is 0 Å². The largest absolute Gasteiger partial charge is 0.289 e. The number of carbonyl (C=O) groups is 1. The third kappa shape index (κ3) is 1.46. The first-order valence-corrected chi connectivity index (χ1v) is 4.97. The molecule has 0 saturated carbocycles. The maximum Gasteiger partial charge on any atom is 0.185 e. The van der Waals surface area contributed by atoms with Gasteiger partial charge in [-0.2, -0.15) is 0 Å². The maximum absolute atomic E-state index is 11.5. The summed E-state index contributed by atoms with van der Waals surface area (Å²) in [6.07, 6.45) is 4.44. The van der Waals surface area contributed by atoms with Crippen LogP contribution in [-0.2, 0) is 6.42 Å². The highest BCUT2D eigenvalue weighted by Crippen LogP contribution is 2.24. The number of ketones is 1. The van der Waals surface area contributed by atoms with Crippen molar-refractivity contribution in [2.24, 2.45) is 0 Å². The van der Waals surface area contributed by atoms with E-state index in [2.05, 4.69) is 15.9 Å². The SMILES string of the molecule is Cc1cc(Br)cc2c1CC=CC2=O. The van der Waals surface area contributed by atoms with Gasteiger partial charge in [-0.25, -0.2) is 0 Å². The number of hydrogen-bond donors (Lipinski definition) is 0. The summed E-state index contributed by atoms with van der Waals surface area (Å²) >= 11 is 3.39. The van der Waals surface area contributed by atoms with Crippen LogP contribution in [0.25, 0.3) is 0 Å². The standard InChI is InChI=1S/C11H9BrO/c1-7-5-8(12)6-10-9(7)3-2-4-11(10)13/h2,4-6H,3H2,1H3. The van der Waals surface area contributed by atoms with Gasteiger partial charge >= 0.3 is 0 Å². The highest BCUT2D eigenvalue weighted by Gasteiger charge is 2.14. The Bertz CT molecular complexity index is 405. The summed E-state index contributed by atoms with van der Waals surface area (Å²) < 4.78 is 0.979. The molecule has 66 valence electrons. The van der Waals surface area contributed by atoms with E-state index in [-0.39, 0.29) is 5.78 Å². The summed E-state index contributed by atoms with van der Waals surface area (Å²) in [6, 6.07) is 3.94. The van der Waals surface area contributed by atoms with E-state index in [0.29, 0.717) is 0 Å². The van der Waals surface area contributed by atoms with Crippen molar-refractivity contribution in [2.45, 2.75) is 13.3 Å². The van der Waals surface area contributed by atoms with Crippen molar-refractivity contribution in [1.82, 2.24) is 0 Å². The fraction of sp³-hybridized carbons (Fsp3) is 0.182. The number of halogens is 1. The maximum atomic E-state index is 11.5. The van der Waals surface area contributed by atoms with Crippen molar-refractivity contribution < 1.29 is 4.79 Å². The molecule has 0 bridgehead atoms. The Morgan fingerprint density at radius 2 is 2.15 bits per heavy atom. The summed E-state index contributed by atoms with van der Waals surface area (Å²) in [6.45, 7) is 2.04.